The molecule has 0 aromatic carbocycles. The lowest BCUT2D eigenvalue weighted by Crippen LogP contribution is -2.31. The Hall–Kier alpha value is 0.250. The van der Waals surface area contributed by atoms with Crippen LogP contribution in [0.1, 0.15) is 33.6 Å². The molecule has 1 aliphatic rings. The van der Waals surface area contributed by atoms with Crippen molar-refractivity contribution in [1.82, 2.24) is 0 Å². The first kappa shape index (κ1) is 10.2. The average Bonchev–Trinajstić information content (AvgIpc) is 1.79. The summed E-state index contributed by atoms with van der Waals surface area (Å²) in [5.41, 5.74) is 6.31. The van der Waals surface area contributed by atoms with E-state index in [0.717, 1.165) is 5.92 Å². The zero-order valence-electron chi connectivity index (χ0n) is 7.05. The van der Waals surface area contributed by atoms with Crippen LogP contribution in [0.4, 0.5) is 0 Å². The van der Waals surface area contributed by atoms with Crippen molar-refractivity contribution in [1.29, 1.82) is 0 Å². The van der Waals surface area contributed by atoms with Crippen molar-refractivity contribution in [2.45, 2.75) is 39.7 Å². The van der Waals surface area contributed by atoms with Crippen molar-refractivity contribution in [3.05, 3.63) is 0 Å². The standard InChI is InChI=1S/C8H17N.ClH/c1-6-4-7(9)8(2,3)5-6;/h6-7H,4-5,9H2,1-3H3;1H. The minimum atomic E-state index is 0. The molecule has 10 heavy (non-hydrogen) atoms. The lowest BCUT2D eigenvalue weighted by Gasteiger charge is -2.22. The van der Waals surface area contributed by atoms with E-state index in [1.807, 2.05) is 0 Å². The first-order valence-electron chi connectivity index (χ1n) is 3.78. The molecule has 62 valence electrons. The Morgan fingerprint density at radius 1 is 1.40 bits per heavy atom. The van der Waals surface area contributed by atoms with Gasteiger partial charge in [0.25, 0.3) is 0 Å². The molecule has 0 bridgehead atoms. The zero-order valence-corrected chi connectivity index (χ0v) is 7.87. The summed E-state index contributed by atoms with van der Waals surface area (Å²) < 4.78 is 0. The van der Waals surface area contributed by atoms with E-state index in [1.54, 1.807) is 0 Å². The molecule has 2 unspecified atom stereocenters. The fourth-order valence-corrected chi connectivity index (χ4v) is 1.89. The second kappa shape index (κ2) is 3.10. The predicted molar refractivity (Wildman–Crippen MR) is 47.4 cm³/mol. The number of halogens is 1. The van der Waals surface area contributed by atoms with Gasteiger partial charge in [-0.1, -0.05) is 20.8 Å². The highest BCUT2D eigenvalue weighted by atomic mass is 35.5. The van der Waals surface area contributed by atoms with Crippen LogP contribution in [0, 0.1) is 11.3 Å². The molecule has 1 saturated carbocycles. The first-order valence-corrected chi connectivity index (χ1v) is 3.78. The van der Waals surface area contributed by atoms with Gasteiger partial charge in [-0.25, -0.2) is 0 Å². The fraction of sp³-hybridized carbons (Fsp3) is 1.00. The lowest BCUT2D eigenvalue weighted by atomic mass is 9.87. The molecule has 0 radical (unpaired) electrons. The molecule has 2 heteroatoms. The fourth-order valence-electron chi connectivity index (χ4n) is 1.89. The van der Waals surface area contributed by atoms with Gasteiger partial charge in [0.1, 0.15) is 0 Å². The Balaban J connectivity index is 0.000000810. The summed E-state index contributed by atoms with van der Waals surface area (Å²) in [6.45, 7) is 6.82. The summed E-state index contributed by atoms with van der Waals surface area (Å²) in [6.07, 6.45) is 2.52. The minimum absolute atomic E-state index is 0. The Labute approximate surface area is 69.8 Å². The second-order valence-corrected chi connectivity index (χ2v) is 4.14. The number of hydrogen-bond donors (Lipinski definition) is 1. The molecule has 0 aromatic heterocycles. The van der Waals surface area contributed by atoms with Crippen LogP contribution >= 0.6 is 12.4 Å². The molecule has 1 aliphatic carbocycles. The van der Waals surface area contributed by atoms with Gasteiger partial charge in [-0.2, -0.15) is 0 Å². The van der Waals surface area contributed by atoms with Gasteiger partial charge in [-0.3, -0.25) is 0 Å². The maximum absolute atomic E-state index is 5.90. The van der Waals surface area contributed by atoms with E-state index in [9.17, 15) is 0 Å². The highest BCUT2D eigenvalue weighted by molar-refractivity contribution is 5.85. The topological polar surface area (TPSA) is 26.0 Å². The molecule has 1 nitrogen and oxygen atoms in total. The molecule has 0 heterocycles. The van der Waals surface area contributed by atoms with E-state index < -0.39 is 0 Å². The molecular weight excluding hydrogens is 146 g/mol. The largest absolute Gasteiger partial charge is 0.327 e. The molecule has 1 rings (SSSR count). The Morgan fingerprint density at radius 2 is 1.90 bits per heavy atom. The normalized spacial score (nSPS) is 37.2. The molecule has 2 N–H and O–H groups in total. The third-order valence-electron chi connectivity index (χ3n) is 2.53. The summed E-state index contributed by atoms with van der Waals surface area (Å²) in [5.74, 6) is 0.843. The van der Waals surface area contributed by atoms with Crippen LogP contribution in [0.2, 0.25) is 0 Å². The van der Waals surface area contributed by atoms with Gasteiger partial charge in [0, 0.05) is 6.04 Å². The van der Waals surface area contributed by atoms with Crippen molar-refractivity contribution >= 4 is 12.4 Å². The van der Waals surface area contributed by atoms with Crippen molar-refractivity contribution < 1.29 is 0 Å². The van der Waals surface area contributed by atoms with Gasteiger partial charge < -0.3 is 5.73 Å². The molecule has 0 saturated heterocycles. The highest BCUT2D eigenvalue weighted by Gasteiger charge is 2.35. The maximum atomic E-state index is 5.90. The van der Waals surface area contributed by atoms with E-state index in [1.165, 1.54) is 12.8 Å². The summed E-state index contributed by atoms with van der Waals surface area (Å²) in [6, 6.07) is 0.437. The van der Waals surface area contributed by atoms with Crippen LogP contribution in [-0.4, -0.2) is 6.04 Å². The molecule has 1 fully saturated rings. The van der Waals surface area contributed by atoms with Crippen LogP contribution < -0.4 is 5.73 Å². The lowest BCUT2D eigenvalue weighted by molar-refractivity contribution is 0.326. The van der Waals surface area contributed by atoms with Gasteiger partial charge in [0.15, 0.2) is 0 Å². The molecule has 0 aromatic rings. The van der Waals surface area contributed by atoms with Crippen LogP contribution in [0.5, 0.6) is 0 Å². The van der Waals surface area contributed by atoms with Gasteiger partial charge in [-0.05, 0) is 24.2 Å². The van der Waals surface area contributed by atoms with Gasteiger partial charge in [-0.15, -0.1) is 12.4 Å². The van der Waals surface area contributed by atoms with Crippen molar-refractivity contribution in [2.75, 3.05) is 0 Å². The van der Waals surface area contributed by atoms with E-state index in [2.05, 4.69) is 20.8 Å². The molecular formula is C8H18ClN. The third kappa shape index (κ3) is 1.86. The zero-order chi connectivity index (χ0) is 7.07. The number of rotatable bonds is 0. The number of hydrogen-bond acceptors (Lipinski definition) is 1. The van der Waals surface area contributed by atoms with Crippen LogP contribution in [0.3, 0.4) is 0 Å². The smallest absolute Gasteiger partial charge is 0.00929 e. The minimum Gasteiger partial charge on any atom is -0.327 e. The Kier molecular flexibility index (Phi) is 3.18. The highest BCUT2D eigenvalue weighted by Crippen LogP contribution is 2.39. The Bertz CT molecular complexity index is 112. The predicted octanol–water partition coefficient (Wildman–Crippen LogP) is 2.19. The maximum Gasteiger partial charge on any atom is 0.00929 e. The molecule has 0 spiro atoms. The van der Waals surface area contributed by atoms with Crippen molar-refractivity contribution in [3.63, 3.8) is 0 Å². The first-order chi connectivity index (χ1) is 4.02. The van der Waals surface area contributed by atoms with Gasteiger partial charge in [0.2, 0.25) is 0 Å². The number of nitrogens with two attached hydrogens (primary N) is 1. The van der Waals surface area contributed by atoms with Gasteiger partial charge in [0.05, 0.1) is 0 Å². The van der Waals surface area contributed by atoms with Crippen LogP contribution in [-0.2, 0) is 0 Å². The second-order valence-electron chi connectivity index (χ2n) is 4.14. The molecule has 0 amide bonds. The van der Waals surface area contributed by atoms with Crippen LogP contribution in [0.15, 0.2) is 0 Å². The summed E-state index contributed by atoms with van der Waals surface area (Å²) in [4.78, 5) is 0. The van der Waals surface area contributed by atoms with E-state index in [4.69, 9.17) is 5.73 Å². The van der Waals surface area contributed by atoms with E-state index >= 15 is 0 Å². The monoisotopic (exact) mass is 163 g/mol. The molecule has 2 atom stereocenters. The van der Waals surface area contributed by atoms with Crippen LogP contribution in [0.25, 0.3) is 0 Å². The summed E-state index contributed by atoms with van der Waals surface area (Å²) in [5, 5.41) is 0. The van der Waals surface area contributed by atoms with Crippen molar-refractivity contribution in [3.8, 4) is 0 Å². The molecule has 0 aliphatic heterocycles. The third-order valence-corrected chi connectivity index (χ3v) is 2.53. The quantitative estimate of drug-likeness (QED) is 0.582. The SMILES string of the molecule is CC1CC(N)C(C)(C)C1.Cl. The summed E-state index contributed by atoms with van der Waals surface area (Å²) >= 11 is 0. The summed E-state index contributed by atoms with van der Waals surface area (Å²) in [7, 11) is 0. The van der Waals surface area contributed by atoms with E-state index in [0.29, 0.717) is 11.5 Å². The Morgan fingerprint density at radius 3 is 2.00 bits per heavy atom. The van der Waals surface area contributed by atoms with E-state index in [-0.39, 0.29) is 12.4 Å². The average molecular weight is 164 g/mol. The van der Waals surface area contributed by atoms with Gasteiger partial charge >= 0.3 is 0 Å². The van der Waals surface area contributed by atoms with Crippen molar-refractivity contribution in [2.24, 2.45) is 17.1 Å².